The zero-order chi connectivity index (χ0) is 17.7. The van der Waals surface area contributed by atoms with E-state index in [2.05, 4.69) is 64.3 Å². The molecule has 0 bridgehead atoms. The van der Waals surface area contributed by atoms with Gasteiger partial charge >= 0.3 is 0 Å². The summed E-state index contributed by atoms with van der Waals surface area (Å²) >= 11 is 3.55. The van der Waals surface area contributed by atoms with Gasteiger partial charge < -0.3 is 10.1 Å². The molecule has 5 nitrogen and oxygen atoms in total. The van der Waals surface area contributed by atoms with Crippen molar-refractivity contribution in [2.24, 2.45) is 0 Å². The highest BCUT2D eigenvalue weighted by Crippen LogP contribution is 2.31. The van der Waals surface area contributed by atoms with E-state index in [4.69, 9.17) is 4.74 Å². The molecule has 0 spiro atoms. The van der Waals surface area contributed by atoms with Gasteiger partial charge in [0.25, 0.3) is 0 Å². The molecule has 130 valence electrons. The highest BCUT2D eigenvalue weighted by molar-refractivity contribution is 9.10. The van der Waals surface area contributed by atoms with Crippen LogP contribution in [0.15, 0.2) is 28.7 Å². The maximum absolute atomic E-state index is 11.8. The number of halogens is 1. The Labute approximate surface area is 151 Å². The number of benzene rings is 1. The molecule has 0 unspecified atom stereocenters. The second-order valence-electron chi connectivity index (χ2n) is 6.83. The second kappa shape index (κ2) is 7.83. The van der Waals surface area contributed by atoms with Crippen molar-refractivity contribution in [3.8, 4) is 5.75 Å². The van der Waals surface area contributed by atoms with E-state index in [9.17, 15) is 4.79 Å². The molecule has 1 aromatic heterocycles. The number of aromatic nitrogens is 2. The highest BCUT2D eigenvalue weighted by atomic mass is 79.9. The fourth-order valence-electron chi connectivity index (χ4n) is 2.19. The van der Waals surface area contributed by atoms with Gasteiger partial charge in [-0.3, -0.25) is 9.89 Å². The average molecular weight is 394 g/mol. The van der Waals surface area contributed by atoms with E-state index in [1.807, 2.05) is 13.0 Å². The molecule has 2 aromatic rings. The molecule has 6 heteroatoms. The third kappa shape index (κ3) is 5.37. The van der Waals surface area contributed by atoms with Crippen molar-refractivity contribution in [1.29, 1.82) is 0 Å². The number of carbonyl (C=O) groups is 1. The van der Waals surface area contributed by atoms with Gasteiger partial charge in [-0.05, 0) is 52.4 Å². The molecule has 2 N–H and O–H groups in total. The standard InChI is InChI=1S/C18H24BrN3O2/c1-12-10-16(22-21-12)20-17(23)6-5-9-24-15-8-7-13(11-14(15)19)18(2,3)4/h7-8,10-11H,5-6,9H2,1-4H3,(H2,20,21,22,23). The van der Waals surface area contributed by atoms with Gasteiger partial charge in [0.2, 0.25) is 5.91 Å². The first kappa shape index (κ1) is 18.5. The van der Waals surface area contributed by atoms with Crippen LogP contribution in [0.4, 0.5) is 5.82 Å². The lowest BCUT2D eigenvalue weighted by molar-refractivity contribution is -0.116. The predicted molar refractivity (Wildman–Crippen MR) is 99.5 cm³/mol. The number of nitrogens with zero attached hydrogens (tertiary/aromatic N) is 1. The molecule has 2 rings (SSSR count). The summed E-state index contributed by atoms with van der Waals surface area (Å²) in [5, 5.41) is 9.52. The van der Waals surface area contributed by atoms with E-state index >= 15 is 0 Å². The number of ether oxygens (including phenoxy) is 1. The second-order valence-corrected chi connectivity index (χ2v) is 7.69. The predicted octanol–water partition coefficient (Wildman–Crippen LogP) is 4.58. The number of aryl methyl sites for hydroxylation is 1. The first-order chi connectivity index (χ1) is 11.3. The minimum Gasteiger partial charge on any atom is -0.492 e. The SMILES string of the molecule is Cc1cc(NC(=O)CCCOc2ccc(C(C)(C)C)cc2Br)n[nH]1. The number of nitrogens with one attached hydrogen (secondary N) is 2. The van der Waals surface area contributed by atoms with Gasteiger partial charge in [-0.25, -0.2) is 0 Å². The zero-order valence-electron chi connectivity index (χ0n) is 14.6. The number of H-pyrrole nitrogens is 1. The third-order valence-corrected chi connectivity index (χ3v) is 4.20. The van der Waals surface area contributed by atoms with E-state index in [0.29, 0.717) is 25.3 Å². The molecule has 0 saturated heterocycles. The molecule has 1 amide bonds. The lowest BCUT2D eigenvalue weighted by Gasteiger charge is -2.20. The number of aromatic amines is 1. The van der Waals surface area contributed by atoms with Crippen LogP contribution in [-0.2, 0) is 10.2 Å². The number of hydrogen-bond donors (Lipinski definition) is 2. The fourth-order valence-corrected chi connectivity index (χ4v) is 2.68. The average Bonchev–Trinajstić information content (AvgIpc) is 2.89. The summed E-state index contributed by atoms with van der Waals surface area (Å²) in [6.07, 6.45) is 1.03. The van der Waals surface area contributed by atoms with Gasteiger partial charge in [0, 0.05) is 18.2 Å². The van der Waals surface area contributed by atoms with Crippen LogP contribution in [0, 0.1) is 6.92 Å². The molecule has 0 saturated carbocycles. The lowest BCUT2D eigenvalue weighted by atomic mass is 9.87. The summed E-state index contributed by atoms with van der Waals surface area (Å²) in [7, 11) is 0. The van der Waals surface area contributed by atoms with Crippen molar-refractivity contribution >= 4 is 27.7 Å². The highest BCUT2D eigenvalue weighted by Gasteiger charge is 2.15. The molecular formula is C18H24BrN3O2. The molecule has 0 radical (unpaired) electrons. The fraction of sp³-hybridized carbons (Fsp3) is 0.444. The number of amides is 1. The van der Waals surface area contributed by atoms with Crippen molar-refractivity contribution < 1.29 is 9.53 Å². The Hall–Kier alpha value is -1.82. The maximum Gasteiger partial charge on any atom is 0.225 e. The molecule has 0 atom stereocenters. The van der Waals surface area contributed by atoms with Crippen LogP contribution in [0.5, 0.6) is 5.75 Å². The van der Waals surface area contributed by atoms with Crippen LogP contribution < -0.4 is 10.1 Å². The zero-order valence-corrected chi connectivity index (χ0v) is 16.2. The largest absolute Gasteiger partial charge is 0.492 e. The Morgan fingerprint density at radius 2 is 2.08 bits per heavy atom. The van der Waals surface area contributed by atoms with E-state index < -0.39 is 0 Å². The molecule has 1 aromatic carbocycles. The molecule has 0 aliphatic carbocycles. The maximum atomic E-state index is 11.8. The Balaban J connectivity index is 1.77. The number of hydrogen-bond acceptors (Lipinski definition) is 3. The van der Waals surface area contributed by atoms with Crippen LogP contribution in [0.25, 0.3) is 0 Å². The van der Waals surface area contributed by atoms with E-state index in [1.54, 1.807) is 6.07 Å². The minimum absolute atomic E-state index is 0.0627. The minimum atomic E-state index is -0.0627. The molecular weight excluding hydrogens is 370 g/mol. The third-order valence-electron chi connectivity index (χ3n) is 3.58. The monoisotopic (exact) mass is 393 g/mol. The number of rotatable bonds is 6. The summed E-state index contributed by atoms with van der Waals surface area (Å²) in [4.78, 5) is 11.8. The van der Waals surface area contributed by atoms with Gasteiger partial charge in [-0.2, -0.15) is 5.10 Å². The van der Waals surface area contributed by atoms with Gasteiger partial charge in [-0.1, -0.05) is 26.8 Å². The Kier molecular flexibility index (Phi) is 6.04. The van der Waals surface area contributed by atoms with Crippen molar-refractivity contribution in [3.63, 3.8) is 0 Å². The normalized spacial score (nSPS) is 11.4. The van der Waals surface area contributed by atoms with Crippen LogP contribution in [-0.4, -0.2) is 22.7 Å². The molecule has 0 aliphatic heterocycles. The lowest BCUT2D eigenvalue weighted by Crippen LogP contribution is -2.13. The van der Waals surface area contributed by atoms with Gasteiger partial charge in [0.1, 0.15) is 5.75 Å². The molecule has 24 heavy (non-hydrogen) atoms. The molecule has 0 fully saturated rings. The Bertz CT molecular complexity index is 705. The topological polar surface area (TPSA) is 67.0 Å². The van der Waals surface area contributed by atoms with Crippen LogP contribution >= 0.6 is 15.9 Å². The quantitative estimate of drug-likeness (QED) is 0.705. The van der Waals surface area contributed by atoms with E-state index in [0.717, 1.165) is 15.9 Å². The summed E-state index contributed by atoms with van der Waals surface area (Å²) in [5.74, 6) is 1.29. The van der Waals surface area contributed by atoms with Crippen molar-refractivity contribution in [3.05, 3.63) is 40.0 Å². The van der Waals surface area contributed by atoms with Crippen molar-refractivity contribution in [2.75, 3.05) is 11.9 Å². The van der Waals surface area contributed by atoms with Gasteiger partial charge in [0.05, 0.1) is 11.1 Å². The molecule has 0 aliphatic rings. The van der Waals surface area contributed by atoms with Crippen LogP contribution in [0.1, 0.15) is 44.9 Å². The van der Waals surface area contributed by atoms with Crippen molar-refractivity contribution in [2.45, 2.75) is 46.0 Å². The summed E-state index contributed by atoms with van der Waals surface area (Å²) in [6.45, 7) is 8.90. The van der Waals surface area contributed by atoms with Crippen molar-refractivity contribution in [1.82, 2.24) is 10.2 Å². The van der Waals surface area contributed by atoms with Gasteiger partial charge in [-0.15, -0.1) is 0 Å². The summed E-state index contributed by atoms with van der Waals surface area (Å²) in [6, 6.07) is 7.92. The first-order valence-corrected chi connectivity index (χ1v) is 8.80. The smallest absolute Gasteiger partial charge is 0.225 e. The van der Waals surface area contributed by atoms with Crippen LogP contribution in [0.3, 0.4) is 0 Å². The first-order valence-electron chi connectivity index (χ1n) is 8.00. The van der Waals surface area contributed by atoms with E-state index in [1.165, 1.54) is 5.56 Å². The number of carbonyl (C=O) groups excluding carboxylic acids is 1. The summed E-state index contributed by atoms with van der Waals surface area (Å²) < 4.78 is 6.70. The van der Waals surface area contributed by atoms with Gasteiger partial charge in [0.15, 0.2) is 5.82 Å². The molecule has 1 heterocycles. The van der Waals surface area contributed by atoms with Crippen LogP contribution in [0.2, 0.25) is 0 Å². The Morgan fingerprint density at radius 1 is 1.33 bits per heavy atom. The van der Waals surface area contributed by atoms with E-state index in [-0.39, 0.29) is 11.3 Å². The number of anilines is 1. The Morgan fingerprint density at radius 3 is 2.67 bits per heavy atom. The summed E-state index contributed by atoms with van der Waals surface area (Å²) in [5.41, 5.74) is 2.26.